The number of aromatic nitrogens is 2. The first-order valence-electron chi connectivity index (χ1n) is 6.30. The van der Waals surface area contributed by atoms with Crippen molar-refractivity contribution in [2.24, 2.45) is 5.92 Å². The first kappa shape index (κ1) is 14.0. The van der Waals surface area contributed by atoms with Gasteiger partial charge in [0, 0.05) is 18.2 Å². The maximum absolute atomic E-state index is 11.7. The molecule has 1 aromatic heterocycles. The average Bonchev–Trinajstić information content (AvgIpc) is 2.28. The van der Waals surface area contributed by atoms with Gasteiger partial charge in [0.25, 0.3) is 5.56 Å². The first-order valence-corrected chi connectivity index (χ1v) is 6.30. The molecule has 1 atom stereocenters. The summed E-state index contributed by atoms with van der Waals surface area (Å²) in [4.78, 5) is 47.3. The van der Waals surface area contributed by atoms with Crippen LogP contribution in [0, 0.1) is 5.92 Å². The monoisotopic (exact) mass is 281 g/mol. The van der Waals surface area contributed by atoms with Crippen LogP contribution in [0.1, 0.15) is 19.3 Å². The van der Waals surface area contributed by atoms with Gasteiger partial charge in [-0.1, -0.05) is 6.42 Å². The van der Waals surface area contributed by atoms with Crippen molar-refractivity contribution in [1.29, 1.82) is 0 Å². The normalized spacial score (nSPS) is 16.2. The zero-order valence-corrected chi connectivity index (χ0v) is 10.7. The van der Waals surface area contributed by atoms with E-state index in [-0.39, 0.29) is 18.4 Å². The highest BCUT2D eigenvalue weighted by Crippen LogP contribution is 2.26. The lowest BCUT2D eigenvalue weighted by molar-refractivity contribution is -0.143. The van der Waals surface area contributed by atoms with Crippen molar-refractivity contribution in [1.82, 2.24) is 14.9 Å². The zero-order chi connectivity index (χ0) is 14.7. The van der Waals surface area contributed by atoms with Crippen LogP contribution < -0.4 is 16.6 Å². The number of nitrogens with zero attached hydrogens (tertiary/aromatic N) is 1. The Morgan fingerprint density at radius 3 is 2.65 bits per heavy atom. The molecule has 1 heterocycles. The average molecular weight is 281 g/mol. The SMILES string of the molecule is O=C(N[C@@H](Cn1ccc(=O)[nH]c1=O)C(=O)O)C1CCC1. The van der Waals surface area contributed by atoms with Crippen LogP contribution in [0.25, 0.3) is 0 Å². The van der Waals surface area contributed by atoms with Gasteiger partial charge in [0.05, 0.1) is 6.54 Å². The Labute approximate surface area is 113 Å². The smallest absolute Gasteiger partial charge is 0.328 e. The van der Waals surface area contributed by atoms with Gasteiger partial charge >= 0.3 is 11.7 Å². The lowest BCUT2D eigenvalue weighted by Gasteiger charge is -2.26. The minimum Gasteiger partial charge on any atom is -0.480 e. The van der Waals surface area contributed by atoms with Gasteiger partial charge in [-0.3, -0.25) is 19.1 Å². The molecular weight excluding hydrogens is 266 g/mol. The van der Waals surface area contributed by atoms with E-state index in [1.807, 2.05) is 4.98 Å². The molecule has 0 unspecified atom stereocenters. The van der Waals surface area contributed by atoms with Gasteiger partial charge in [-0.05, 0) is 12.8 Å². The van der Waals surface area contributed by atoms with Gasteiger partial charge in [0.1, 0.15) is 6.04 Å². The van der Waals surface area contributed by atoms with Crippen molar-refractivity contribution in [2.45, 2.75) is 31.8 Å². The Hall–Kier alpha value is -2.38. The quantitative estimate of drug-likeness (QED) is 0.633. The number of carbonyl (C=O) groups is 2. The van der Waals surface area contributed by atoms with Gasteiger partial charge in [-0.25, -0.2) is 9.59 Å². The van der Waals surface area contributed by atoms with Gasteiger partial charge in [0.15, 0.2) is 0 Å². The van der Waals surface area contributed by atoms with Crippen LogP contribution in [0.2, 0.25) is 0 Å². The van der Waals surface area contributed by atoms with E-state index in [1.165, 1.54) is 6.20 Å². The van der Waals surface area contributed by atoms with E-state index >= 15 is 0 Å². The lowest BCUT2D eigenvalue weighted by atomic mass is 9.84. The number of carboxylic acid groups (broad SMARTS) is 1. The molecule has 1 aliphatic carbocycles. The molecule has 2 rings (SSSR count). The van der Waals surface area contributed by atoms with Crippen LogP contribution >= 0.6 is 0 Å². The number of amides is 1. The van der Waals surface area contributed by atoms with Crippen molar-refractivity contribution in [3.63, 3.8) is 0 Å². The molecule has 0 radical (unpaired) electrons. The van der Waals surface area contributed by atoms with Crippen molar-refractivity contribution < 1.29 is 14.7 Å². The third-order valence-corrected chi connectivity index (χ3v) is 3.37. The lowest BCUT2D eigenvalue weighted by Crippen LogP contribution is -2.48. The summed E-state index contributed by atoms with van der Waals surface area (Å²) in [7, 11) is 0. The number of hydrogen-bond acceptors (Lipinski definition) is 4. The molecule has 1 amide bonds. The minimum absolute atomic E-state index is 0.135. The van der Waals surface area contributed by atoms with Crippen LogP contribution in [0.3, 0.4) is 0 Å². The van der Waals surface area contributed by atoms with Crippen molar-refractivity contribution in [3.8, 4) is 0 Å². The van der Waals surface area contributed by atoms with E-state index in [0.717, 1.165) is 29.9 Å². The molecule has 3 N–H and O–H groups in total. The molecule has 8 heteroatoms. The summed E-state index contributed by atoms with van der Waals surface area (Å²) in [6.45, 7) is -0.233. The standard InChI is InChI=1S/C12H15N3O5/c16-9-4-5-15(12(20)14-9)6-8(11(18)19)13-10(17)7-2-1-3-7/h4-5,7-8H,1-3,6H2,(H,13,17)(H,18,19)(H,14,16,20)/t8-/m0/s1. The molecule has 0 bridgehead atoms. The fraction of sp³-hybridized carbons (Fsp3) is 0.500. The Morgan fingerprint density at radius 2 is 2.15 bits per heavy atom. The summed E-state index contributed by atoms with van der Waals surface area (Å²) in [6, 6.07) is -0.0830. The van der Waals surface area contributed by atoms with Crippen molar-refractivity contribution in [2.75, 3.05) is 0 Å². The molecule has 0 aromatic carbocycles. The molecule has 0 aliphatic heterocycles. The Bertz CT molecular complexity index is 628. The largest absolute Gasteiger partial charge is 0.480 e. The van der Waals surface area contributed by atoms with Crippen LogP contribution in [-0.2, 0) is 16.1 Å². The molecule has 20 heavy (non-hydrogen) atoms. The Balaban J connectivity index is 2.08. The van der Waals surface area contributed by atoms with E-state index in [2.05, 4.69) is 5.32 Å². The second kappa shape index (κ2) is 5.72. The van der Waals surface area contributed by atoms with E-state index in [1.54, 1.807) is 0 Å². The second-order valence-electron chi connectivity index (χ2n) is 4.79. The molecular formula is C12H15N3O5. The molecule has 1 saturated carbocycles. The van der Waals surface area contributed by atoms with E-state index in [0.29, 0.717) is 0 Å². The number of rotatable bonds is 5. The molecule has 1 aliphatic rings. The van der Waals surface area contributed by atoms with E-state index in [4.69, 9.17) is 5.11 Å². The number of nitrogens with one attached hydrogen (secondary N) is 2. The number of aliphatic carboxylic acids is 1. The number of hydrogen-bond donors (Lipinski definition) is 3. The van der Waals surface area contributed by atoms with Crippen molar-refractivity contribution >= 4 is 11.9 Å². The maximum atomic E-state index is 11.7. The van der Waals surface area contributed by atoms with Crippen LogP contribution in [0.4, 0.5) is 0 Å². The number of H-pyrrole nitrogens is 1. The summed E-state index contributed by atoms with van der Waals surface area (Å²) in [6.07, 6.45) is 3.69. The highest BCUT2D eigenvalue weighted by atomic mass is 16.4. The fourth-order valence-electron chi connectivity index (χ4n) is 1.93. The Morgan fingerprint density at radius 1 is 1.45 bits per heavy atom. The highest BCUT2D eigenvalue weighted by Gasteiger charge is 2.29. The third-order valence-electron chi connectivity index (χ3n) is 3.37. The summed E-state index contributed by atoms with van der Waals surface area (Å²) in [5.74, 6) is -1.67. The van der Waals surface area contributed by atoms with Crippen LogP contribution in [-0.4, -0.2) is 32.6 Å². The number of carbonyl (C=O) groups excluding carboxylic acids is 1. The molecule has 0 saturated heterocycles. The van der Waals surface area contributed by atoms with Gasteiger partial charge in [-0.15, -0.1) is 0 Å². The molecule has 1 aromatic rings. The molecule has 108 valence electrons. The predicted octanol–water partition coefficient (Wildman–Crippen LogP) is -1.09. The zero-order valence-electron chi connectivity index (χ0n) is 10.7. The van der Waals surface area contributed by atoms with Gasteiger partial charge < -0.3 is 10.4 Å². The highest BCUT2D eigenvalue weighted by molar-refractivity contribution is 5.85. The first-order chi connectivity index (χ1) is 9.47. The minimum atomic E-state index is -1.23. The maximum Gasteiger partial charge on any atom is 0.328 e. The van der Waals surface area contributed by atoms with Gasteiger partial charge in [-0.2, -0.15) is 0 Å². The number of carboxylic acids is 1. The van der Waals surface area contributed by atoms with E-state index < -0.39 is 23.3 Å². The summed E-state index contributed by atoms with van der Waals surface area (Å²) in [5, 5.41) is 11.5. The molecule has 8 nitrogen and oxygen atoms in total. The second-order valence-corrected chi connectivity index (χ2v) is 4.79. The Kier molecular flexibility index (Phi) is 4.02. The topological polar surface area (TPSA) is 121 Å². The number of aromatic amines is 1. The summed E-state index contributed by atoms with van der Waals surface area (Å²) >= 11 is 0. The summed E-state index contributed by atoms with van der Waals surface area (Å²) < 4.78 is 1.04. The fourth-order valence-corrected chi connectivity index (χ4v) is 1.93. The molecule has 0 spiro atoms. The van der Waals surface area contributed by atoms with Crippen LogP contribution in [0.15, 0.2) is 21.9 Å². The predicted molar refractivity (Wildman–Crippen MR) is 68.2 cm³/mol. The molecule has 1 fully saturated rings. The summed E-state index contributed by atoms with van der Waals surface area (Å²) in [5.41, 5.74) is -1.27. The van der Waals surface area contributed by atoms with E-state index in [9.17, 15) is 19.2 Å². The third kappa shape index (κ3) is 3.14. The van der Waals surface area contributed by atoms with Gasteiger partial charge in [0.2, 0.25) is 5.91 Å². The van der Waals surface area contributed by atoms with Crippen molar-refractivity contribution in [3.05, 3.63) is 33.1 Å². The van der Waals surface area contributed by atoms with Crippen LogP contribution in [0.5, 0.6) is 0 Å².